The zero-order chi connectivity index (χ0) is 19.3. The van der Waals surface area contributed by atoms with E-state index in [-0.39, 0.29) is 28.9 Å². The summed E-state index contributed by atoms with van der Waals surface area (Å²) in [5, 5.41) is 0. The minimum absolute atomic E-state index is 0. The molecule has 0 bridgehead atoms. The molecule has 0 fully saturated rings. The van der Waals surface area contributed by atoms with Crippen LogP contribution in [-0.2, 0) is 10.0 Å². The van der Waals surface area contributed by atoms with E-state index in [1.165, 1.54) is 0 Å². The van der Waals surface area contributed by atoms with Crippen molar-refractivity contribution in [2.45, 2.75) is 23.8 Å². The Balaban J connectivity index is 0.00000280. The van der Waals surface area contributed by atoms with Crippen LogP contribution in [0.15, 0.2) is 89.8 Å². The van der Waals surface area contributed by atoms with Crippen LogP contribution < -0.4 is 10.5 Å². The van der Waals surface area contributed by atoms with E-state index in [1.54, 1.807) is 24.3 Å². The Kier molecular flexibility index (Phi) is 7.48. The van der Waals surface area contributed by atoms with Crippen molar-refractivity contribution >= 4 is 10.0 Å². The van der Waals surface area contributed by atoms with Gasteiger partial charge in [-0.05, 0) is 30.2 Å². The molecule has 3 aromatic rings. The number of nitrogens with two attached hydrogens (primary N) is 1. The molecule has 5 N–H and O–H groups in total. The quantitative estimate of drug-likeness (QED) is 0.639. The van der Waals surface area contributed by atoms with Crippen LogP contribution in [-0.4, -0.2) is 20.4 Å². The van der Waals surface area contributed by atoms with Crippen molar-refractivity contribution in [1.29, 1.82) is 0 Å². The lowest BCUT2D eigenvalue weighted by molar-refractivity contribution is 0.528. The lowest BCUT2D eigenvalue weighted by Crippen LogP contribution is -2.33. The van der Waals surface area contributed by atoms with Gasteiger partial charge in [0.15, 0.2) is 0 Å². The summed E-state index contributed by atoms with van der Waals surface area (Å²) < 4.78 is 28.1. The summed E-state index contributed by atoms with van der Waals surface area (Å²) in [5.74, 6) is -0.186. The van der Waals surface area contributed by atoms with Gasteiger partial charge in [-0.2, -0.15) is 0 Å². The highest BCUT2D eigenvalue weighted by atomic mass is 32.2. The van der Waals surface area contributed by atoms with E-state index in [2.05, 4.69) is 4.72 Å². The first-order valence-corrected chi connectivity index (χ1v) is 10.4. The van der Waals surface area contributed by atoms with Gasteiger partial charge in [0.05, 0.1) is 4.90 Å². The zero-order valence-corrected chi connectivity index (χ0v) is 16.6. The Morgan fingerprint density at radius 3 is 1.86 bits per heavy atom. The van der Waals surface area contributed by atoms with E-state index in [9.17, 15) is 8.42 Å². The molecule has 0 spiro atoms. The van der Waals surface area contributed by atoms with Crippen LogP contribution in [0.4, 0.5) is 0 Å². The molecule has 0 radical (unpaired) electrons. The first-order chi connectivity index (χ1) is 13.0. The third-order valence-corrected chi connectivity index (χ3v) is 6.11. The second-order valence-corrected chi connectivity index (χ2v) is 8.39. The van der Waals surface area contributed by atoms with Crippen molar-refractivity contribution in [2.24, 2.45) is 5.73 Å². The summed E-state index contributed by atoms with van der Waals surface area (Å²) in [6.45, 7) is 2.14. The molecule has 148 valence electrons. The average Bonchev–Trinajstić information content (AvgIpc) is 2.70. The Labute approximate surface area is 166 Å². The summed E-state index contributed by atoms with van der Waals surface area (Å²) in [6, 6.07) is 26.0. The van der Waals surface area contributed by atoms with Crippen LogP contribution in [0.1, 0.15) is 28.7 Å². The standard InChI is InChI=1S/C22H24N2O2S.H2O/c1-17-12-14-20(15-13-17)27(25,26)24-16-21(18-8-4-2-5-9-18)22(23)19-10-6-3-7-11-19;/h2-15,21-22,24H,16,23H2,1H3;1H2/t21-,22+;/m0./s1. The summed E-state index contributed by atoms with van der Waals surface area (Å²) in [7, 11) is -3.60. The molecule has 3 aromatic carbocycles. The highest BCUT2D eigenvalue weighted by Crippen LogP contribution is 2.29. The van der Waals surface area contributed by atoms with Crippen LogP contribution in [0.3, 0.4) is 0 Å². The molecule has 0 aliphatic rings. The van der Waals surface area contributed by atoms with Crippen molar-refractivity contribution in [3.05, 3.63) is 102 Å². The molecular weight excluding hydrogens is 372 g/mol. The molecule has 6 heteroatoms. The third kappa shape index (κ3) is 5.27. The Hall–Kier alpha value is -2.51. The van der Waals surface area contributed by atoms with Gasteiger partial charge in [-0.1, -0.05) is 78.4 Å². The fourth-order valence-electron chi connectivity index (χ4n) is 3.06. The van der Waals surface area contributed by atoms with Gasteiger partial charge >= 0.3 is 0 Å². The molecule has 0 saturated heterocycles. The second-order valence-electron chi connectivity index (χ2n) is 6.62. The van der Waals surface area contributed by atoms with Gasteiger partial charge in [0, 0.05) is 18.5 Å². The number of sulfonamides is 1. The highest BCUT2D eigenvalue weighted by molar-refractivity contribution is 7.89. The Bertz CT molecular complexity index is 960. The SMILES string of the molecule is Cc1ccc(S(=O)(=O)NC[C@@H](c2ccccc2)[C@H](N)c2ccccc2)cc1.O. The smallest absolute Gasteiger partial charge is 0.240 e. The lowest BCUT2D eigenvalue weighted by Gasteiger charge is -2.25. The lowest BCUT2D eigenvalue weighted by atomic mass is 9.88. The van der Waals surface area contributed by atoms with Gasteiger partial charge in [-0.3, -0.25) is 0 Å². The fourth-order valence-corrected chi connectivity index (χ4v) is 4.12. The minimum Gasteiger partial charge on any atom is -0.412 e. The molecule has 2 atom stereocenters. The number of nitrogens with one attached hydrogen (secondary N) is 1. The maximum atomic E-state index is 12.7. The summed E-state index contributed by atoms with van der Waals surface area (Å²) in [6.07, 6.45) is 0. The Morgan fingerprint density at radius 1 is 0.821 bits per heavy atom. The fraction of sp³-hybridized carbons (Fsp3) is 0.182. The van der Waals surface area contributed by atoms with Gasteiger partial charge in [-0.15, -0.1) is 0 Å². The van der Waals surface area contributed by atoms with Gasteiger partial charge < -0.3 is 11.2 Å². The monoisotopic (exact) mass is 398 g/mol. The molecule has 0 aliphatic heterocycles. The average molecular weight is 399 g/mol. The van der Waals surface area contributed by atoms with Crippen molar-refractivity contribution in [3.63, 3.8) is 0 Å². The normalized spacial score (nSPS) is 13.4. The van der Waals surface area contributed by atoms with E-state index in [0.717, 1.165) is 16.7 Å². The van der Waals surface area contributed by atoms with Crippen LogP contribution >= 0.6 is 0 Å². The molecule has 0 unspecified atom stereocenters. The van der Waals surface area contributed by atoms with Crippen LogP contribution in [0, 0.1) is 6.92 Å². The van der Waals surface area contributed by atoms with Crippen molar-refractivity contribution in [1.82, 2.24) is 4.72 Å². The van der Waals surface area contributed by atoms with Gasteiger partial charge in [0.25, 0.3) is 0 Å². The Morgan fingerprint density at radius 2 is 1.32 bits per heavy atom. The molecule has 0 aromatic heterocycles. The van der Waals surface area contributed by atoms with E-state index < -0.39 is 10.0 Å². The van der Waals surface area contributed by atoms with Crippen LogP contribution in [0.2, 0.25) is 0 Å². The van der Waals surface area contributed by atoms with E-state index in [4.69, 9.17) is 5.73 Å². The van der Waals surface area contributed by atoms with E-state index in [1.807, 2.05) is 67.6 Å². The van der Waals surface area contributed by atoms with E-state index in [0.29, 0.717) is 0 Å². The van der Waals surface area contributed by atoms with Crippen molar-refractivity contribution in [3.8, 4) is 0 Å². The number of benzene rings is 3. The van der Waals surface area contributed by atoms with Gasteiger partial charge in [0.1, 0.15) is 0 Å². The zero-order valence-electron chi connectivity index (χ0n) is 15.7. The molecule has 0 heterocycles. The number of hydrogen-bond acceptors (Lipinski definition) is 3. The maximum absolute atomic E-state index is 12.7. The van der Waals surface area contributed by atoms with Crippen molar-refractivity contribution in [2.75, 3.05) is 6.54 Å². The maximum Gasteiger partial charge on any atom is 0.240 e. The molecule has 28 heavy (non-hydrogen) atoms. The second kappa shape index (κ2) is 9.61. The minimum atomic E-state index is -3.60. The van der Waals surface area contributed by atoms with Gasteiger partial charge in [-0.25, -0.2) is 13.1 Å². The third-order valence-electron chi connectivity index (χ3n) is 4.67. The largest absolute Gasteiger partial charge is 0.412 e. The first-order valence-electron chi connectivity index (χ1n) is 8.89. The molecule has 0 aliphatic carbocycles. The molecule has 0 saturated carbocycles. The topological polar surface area (TPSA) is 104 Å². The summed E-state index contributed by atoms with van der Waals surface area (Å²) in [5.41, 5.74) is 9.51. The highest BCUT2D eigenvalue weighted by Gasteiger charge is 2.24. The molecule has 3 rings (SSSR count). The summed E-state index contributed by atoms with van der Waals surface area (Å²) >= 11 is 0. The number of rotatable bonds is 7. The molecule has 0 amide bonds. The number of aryl methyl sites for hydroxylation is 1. The van der Waals surface area contributed by atoms with E-state index >= 15 is 0 Å². The molecule has 5 nitrogen and oxygen atoms in total. The number of hydrogen-bond donors (Lipinski definition) is 2. The van der Waals surface area contributed by atoms with Crippen LogP contribution in [0.25, 0.3) is 0 Å². The molecular formula is C22H26N2O3S. The summed E-state index contributed by atoms with van der Waals surface area (Å²) in [4.78, 5) is 0.258. The van der Waals surface area contributed by atoms with Crippen LogP contribution in [0.5, 0.6) is 0 Å². The predicted molar refractivity (Wildman–Crippen MR) is 113 cm³/mol. The van der Waals surface area contributed by atoms with Gasteiger partial charge in [0.2, 0.25) is 10.0 Å². The van der Waals surface area contributed by atoms with Crippen molar-refractivity contribution < 1.29 is 13.9 Å². The predicted octanol–water partition coefficient (Wildman–Crippen LogP) is 2.93. The first kappa shape index (κ1) is 21.8.